The maximum absolute atomic E-state index is 12.5. The predicted molar refractivity (Wildman–Crippen MR) is 94.8 cm³/mol. The molecule has 3 rings (SSSR count). The summed E-state index contributed by atoms with van der Waals surface area (Å²) in [5.41, 5.74) is 1.02. The molecule has 1 aliphatic rings. The summed E-state index contributed by atoms with van der Waals surface area (Å²) in [6, 6.07) is 12.2. The normalized spacial score (nSPS) is 13.7. The summed E-state index contributed by atoms with van der Waals surface area (Å²) in [6.07, 6.45) is 1.10. The molecule has 0 radical (unpaired) electrons. The smallest absolute Gasteiger partial charge is 0.262 e. The number of amides is 3. The fraction of sp³-hybridized carbons (Fsp3) is 0.167. The number of rotatable bonds is 4. The Hall–Kier alpha value is -3.00. The highest BCUT2D eigenvalue weighted by Gasteiger charge is 2.36. The number of hydrogen-bond acceptors (Lipinski definition) is 5. The van der Waals surface area contributed by atoms with Crippen LogP contribution in [0.3, 0.4) is 0 Å². The van der Waals surface area contributed by atoms with Crippen molar-refractivity contribution >= 4 is 33.2 Å². The van der Waals surface area contributed by atoms with Gasteiger partial charge in [0, 0.05) is 19.0 Å². The van der Waals surface area contributed by atoms with Crippen molar-refractivity contribution in [3.05, 3.63) is 59.7 Å². The first kappa shape index (κ1) is 17.8. The van der Waals surface area contributed by atoms with Crippen LogP contribution < -0.4 is 4.90 Å². The van der Waals surface area contributed by atoms with Crippen LogP contribution >= 0.6 is 0 Å². The van der Waals surface area contributed by atoms with Gasteiger partial charge < -0.3 is 4.90 Å². The first-order chi connectivity index (χ1) is 12.2. The third-order valence-corrected chi connectivity index (χ3v) is 5.33. The molecule has 134 valence electrons. The van der Waals surface area contributed by atoms with Crippen LogP contribution in [0.2, 0.25) is 0 Å². The molecule has 0 saturated heterocycles. The Labute approximate surface area is 150 Å². The van der Waals surface area contributed by atoms with Gasteiger partial charge in [-0.05, 0) is 36.4 Å². The first-order valence-corrected chi connectivity index (χ1v) is 9.61. The number of likely N-dealkylation sites (N-methyl/N-ethyl adjacent to an activating group) is 1. The second kappa shape index (κ2) is 6.38. The summed E-state index contributed by atoms with van der Waals surface area (Å²) in [7, 11) is -1.83. The largest absolute Gasteiger partial charge is 0.314 e. The second-order valence-corrected chi connectivity index (χ2v) is 7.98. The first-order valence-electron chi connectivity index (χ1n) is 7.72. The number of hydrogen-bond donors (Lipinski definition) is 0. The third kappa shape index (κ3) is 3.11. The molecule has 0 unspecified atom stereocenters. The van der Waals surface area contributed by atoms with E-state index in [0.29, 0.717) is 5.69 Å². The quantitative estimate of drug-likeness (QED) is 0.756. The molecule has 3 amide bonds. The molecule has 2 aromatic rings. The van der Waals surface area contributed by atoms with Crippen molar-refractivity contribution < 1.29 is 22.8 Å². The van der Waals surface area contributed by atoms with Gasteiger partial charge in [-0.15, -0.1) is 0 Å². The van der Waals surface area contributed by atoms with E-state index in [-0.39, 0.29) is 16.0 Å². The number of nitrogens with zero attached hydrogens (tertiary/aromatic N) is 2. The van der Waals surface area contributed by atoms with E-state index < -0.39 is 34.1 Å². The minimum absolute atomic E-state index is 0.141. The highest BCUT2D eigenvalue weighted by Crippen LogP contribution is 2.23. The molecule has 0 fully saturated rings. The minimum Gasteiger partial charge on any atom is -0.314 e. The van der Waals surface area contributed by atoms with E-state index in [1.165, 1.54) is 36.2 Å². The van der Waals surface area contributed by atoms with Gasteiger partial charge in [-0.3, -0.25) is 19.3 Å². The van der Waals surface area contributed by atoms with Crippen LogP contribution in [0.25, 0.3) is 0 Å². The summed E-state index contributed by atoms with van der Waals surface area (Å²) in [5.74, 6) is -1.47. The molecule has 0 saturated carbocycles. The highest BCUT2D eigenvalue weighted by atomic mass is 32.2. The van der Waals surface area contributed by atoms with Gasteiger partial charge in [0.25, 0.3) is 11.8 Å². The lowest BCUT2D eigenvalue weighted by atomic mass is 10.1. The maximum Gasteiger partial charge on any atom is 0.262 e. The van der Waals surface area contributed by atoms with E-state index in [2.05, 4.69) is 0 Å². The molecule has 7 nitrogen and oxygen atoms in total. The van der Waals surface area contributed by atoms with Crippen LogP contribution in [0.1, 0.15) is 20.7 Å². The van der Waals surface area contributed by atoms with Crippen LogP contribution in [0, 0.1) is 0 Å². The van der Waals surface area contributed by atoms with Crippen LogP contribution in [0.15, 0.2) is 53.4 Å². The van der Waals surface area contributed by atoms with Gasteiger partial charge in [0.1, 0.15) is 6.54 Å². The number of carbonyl (C=O) groups excluding carboxylic acids is 3. The number of fused-ring (bicyclic) bond motifs is 1. The second-order valence-electron chi connectivity index (χ2n) is 5.96. The molecular formula is C18H16N2O5S. The SMILES string of the molecule is CN(C(=O)CN1C(=O)c2ccccc2C1=O)c1ccc(S(C)(=O)=O)cc1. The monoisotopic (exact) mass is 372 g/mol. The average Bonchev–Trinajstić information content (AvgIpc) is 2.86. The van der Waals surface area contributed by atoms with Gasteiger partial charge >= 0.3 is 0 Å². The zero-order valence-corrected chi connectivity index (χ0v) is 15.0. The van der Waals surface area contributed by atoms with E-state index in [0.717, 1.165) is 11.2 Å². The summed E-state index contributed by atoms with van der Waals surface area (Å²) >= 11 is 0. The Bertz CT molecular complexity index is 977. The van der Waals surface area contributed by atoms with E-state index in [9.17, 15) is 22.8 Å². The molecule has 2 aromatic carbocycles. The highest BCUT2D eigenvalue weighted by molar-refractivity contribution is 7.90. The van der Waals surface area contributed by atoms with E-state index >= 15 is 0 Å². The van der Waals surface area contributed by atoms with Crippen molar-refractivity contribution in [2.75, 3.05) is 24.7 Å². The summed E-state index contributed by atoms with van der Waals surface area (Å²) in [4.78, 5) is 39.5. The predicted octanol–water partition coefficient (Wildman–Crippen LogP) is 1.35. The third-order valence-electron chi connectivity index (χ3n) is 4.20. The topological polar surface area (TPSA) is 91.8 Å². The van der Waals surface area contributed by atoms with Gasteiger partial charge in [-0.25, -0.2) is 8.42 Å². The summed E-state index contributed by atoms with van der Waals surface area (Å²) in [6.45, 7) is -0.392. The van der Waals surface area contributed by atoms with E-state index in [4.69, 9.17) is 0 Å². The Morgan fingerprint density at radius 1 is 0.962 bits per heavy atom. The fourth-order valence-electron chi connectivity index (χ4n) is 2.68. The molecule has 1 aliphatic heterocycles. The fourth-order valence-corrected chi connectivity index (χ4v) is 3.32. The standard InChI is InChI=1S/C18H16N2O5S/c1-19(12-7-9-13(10-8-12)26(2,24)25)16(21)11-20-17(22)14-5-3-4-6-15(14)18(20)23/h3-10H,11H2,1-2H3. The molecule has 0 aliphatic carbocycles. The minimum atomic E-state index is -3.33. The lowest BCUT2D eigenvalue weighted by molar-refractivity contribution is -0.118. The van der Waals surface area contributed by atoms with Crippen LogP contribution in [0.4, 0.5) is 5.69 Å². The number of benzene rings is 2. The van der Waals surface area contributed by atoms with Gasteiger partial charge in [0.2, 0.25) is 5.91 Å². The molecule has 1 heterocycles. The summed E-state index contributed by atoms with van der Waals surface area (Å²) < 4.78 is 23.0. The van der Waals surface area contributed by atoms with E-state index in [1.807, 2.05) is 0 Å². The van der Waals surface area contributed by atoms with Gasteiger partial charge in [0.05, 0.1) is 16.0 Å². The Kier molecular flexibility index (Phi) is 4.37. The number of sulfone groups is 1. The van der Waals surface area contributed by atoms with E-state index in [1.54, 1.807) is 24.3 Å². The van der Waals surface area contributed by atoms with Gasteiger partial charge in [-0.1, -0.05) is 12.1 Å². The number of imide groups is 1. The zero-order chi connectivity index (χ0) is 19.1. The van der Waals surface area contributed by atoms with Gasteiger partial charge in [-0.2, -0.15) is 0 Å². The molecule has 0 bridgehead atoms. The van der Waals surface area contributed by atoms with Crippen molar-refractivity contribution in [2.24, 2.45) is 0 Å². The maximum atomic E-state index is 12.5. The molecule has 0 aromatic heterocycles. The Morgan fingerprint density at radius 2 is 1.46 bits per heavy atom. The lowest BCUT2D eigenvalue weighted by Gasteiger charge is -2.21. The molecule has 0 spiro atoms. The van der Waals surface area contributed by atoms with Crippen LogP contribution in [0.5, 0.6) is 0 Å². The molecule has 0 N–H and O–H groups in total. The van der Waals surface area contributed by atoms with Gasteiger partial charge in [0.15, 0.2) is 9.84 Å². The lowest BCUT2D eigenvalue weighted by Crippen LogP contribution is -2.41. The van der Waals surface area contributed by atoms with Crippen molar-refractivity contribution in [3.63, 3.8) is 0 Å². The Morgan fingerprint density at radius 3 is 1.92 bits per heavy atom. The van der Waals surface area contributed by atoms with Crippen molar-refractivity contribution in [1.29, 1.82) is 0 Å². The average molecular weight is 372 g/mol. The molecule has 8 heteroatoms. The van der Waals surface area contributed by atoms with Crippen molar-refractivity contribution in [2.45, 2.75) is 4.90 Å². The summed E-state index contributed by atoms with van der Waals surface area (Å²) in [5, 5.41) is 0. The molecular weight excluding hydrogens is 356 g/mol. The van der Waals surface area contributed by atoms with Crippen molar-refractivity contribution in [1.82, 2.24) is 4.90 Å². The Balaban J connectivity index is 1.76. The zero-order valence-electron chi connectivity index (χ0n) is 14.2. The number of anilines is 1. The van der Waals surface area contributed by atoms with Crippen LogP contribution in [-0.4, -0.2) is 50.9 Å². The van der Waals surface area contributed by atoms with Crippen molar-refractivity contribution in [3.8, 4) is 0 Å². The molecule has 0 atom stereocenters. The van der Waals surface area contributed by atoms with Crippen LogP contribution in [-0.2, 0) is 14.6 Å². The number of carbonyl (C=O) groups is 3. The molecule has 26 heavy (non-hydrogen) atoms.